The summed E-state index contributed by atoms with van der Waals surface area (Å²) >= 11 is 0. The topological polar surface area (TPSA) is 51.3 Å². The molecule has 0 aliphatic carbocycles. The summed E-state index contributed by atoms with van der Waals surface area (Å²) in [4.78, 5) is 12.6. The Morgan fingerprint density at radius 3 is 2.58 bits per heavy atom. The quantitative estimate of drug-likeness (QED) is 0.446. The first-order valence-electron chi connectivity index (χ1n) is 8.34. The van der Waals surface area contributed by atoms with Crippen molar-refractivity contribution in [1.29, 1.82) is 0 Å². The van der Waals surface area contributed by atoms with Gasteiger partial charge >= 0.3 is 0 Å². The van der Waals surface area contributed by atoms with Crippen molar-refractivity contribution in [2.45, 2.75) is 0 Å². The highest BCUT2D eigenvalue weighted by molar-refractivity contribution is 6.01. The number of hydrazone groups is 1. The fourth-order valence-electron chi connectivity index (χ4n) is 3.08. The lowest BCUT2D eigenvalue weighted by Crippen LogP contribution is -2.19. The van der Waals surface area contributed by atoms with Gasteiger partial charge in [0.1, 0.15) is 0 Å². The molecule has 4 aromatic rings. The standard InChI is InChI=1S/C21H18N4O/c1-24-15-16(17-8-2-4-10-19(17)24)14-22-23-21(26)18-9-3-5-11-20(18)25-12-6-7-13-25/h2-15H,1H3,(H,23,26)/b22-14+. The number of aryl methyl sites for hydroxylation is 1. The Hall–Kier alpha value is -3.60. The average Bonchev–Trinajstić information content (AvgIpc) is 3.31. The zero-order chi connectivity index (χ0) is 17.9. The number of amides is 1. The van der Waals surface area contributed by atoms with Gasteiger partial charge in [0.05, 0.1) is 17.5 Å². The number of para-hydroxylation sites is 2. The van der Waals surface area contributed by atoms with Gasteiger partial charge in [-0.25, -0.2) is 5.43 Å². The van der Waals surface area contributed by atoms with Gasteiger partial charge in [0, 0.05) is 42.1 Å². The number of benzene rings is 2. The Kier molecular flexibility index (Phi) is 4.11. The van der Waals surface area contributed by atoms with Gasteiger partial charge in [-0.15, -0.1) is 0 Å². The van der Waals surface area contributed by atoms with Crippen molar-refractivity contribution in [3.63, 3.8) is 0 Å². The summed E-state index contributed by atoms with van der Waals surface area (Å²) in [6.45, 7) is 0. The van der Waals surface area contributed by atoms with E-state index >= 15 is 0 Å². The average molecular weight is 342 g/mol. The summed E-state index contributed by atoms with van der Waals surface area (Å²) in [7, 11) is 1.99. The lowest BCUT2D eigenvalue weighted by atomic mass is 10.1. The minimum Gasteiger partial charge on any atom is -0.350 e. The lowest BCUT2D eigenvalue weighted by Gasteiger charge is -2.08. The molecule has 0 saturated heterocycles. The van der Waals surface area contributed by atoms with Gasteiger partial charge in [-0.05, 0) is 30.3 Å². The number of nitrogens with zero attached hydrogens (tertiary/aromatic N) is 3. The fraction of sp³-hybridized carbons (Fsp3) is 0.0476. The van der Waals surface area contributed by atoms with E-state index in [1.165, 1.54) is 0 Å². The Morgan fingerprint density at radius 2 is 1.73 bits per heavy atom. The largest absolute Gasteiger partial charge is 0.350 e. The second-order valence-electron chi connectivity index (χ2n) is 6.02. The van der Waals surface area contributed by atoms with Gasteiger partial charge in [-0.1, -0.05) is 30.3 Å². The molecule has 0 unspecified atom stereocenters. The Labute approximate surface area is 151 Å². The predicted molar refractivity (Wildman–Crippen MR) is 104 cm³/mol. The van der Waals surface area contributed by atoms with E-state index in [4.69, 9.17) is 0 Å². The third-order valence-electron chi connectivity index (χ3n) is 4.33. The first kappa shape index (κ1) is 15.9. The highest BCUT2D eigenvalue weighted by atomic mass is 16.2. The minimum atomic E-state index is -0.245. The molecule has 0 atom stereocenters. The van der Waals surface area contributed by atoms with E-state index in [0.29, 0.717) is 5.56 Å². The number of hydrogen-bond donors (Lipinski definition) is 1. The van der Waals surface area contributed by atoms with Gasteiger partial charge in [-0.2, -0.15) is 5.10 Å². The molecule has 2 heterocycles. The van der Waals surface area contributed by atoms with E-state index in [0.717, 1.165) is 22.2 Å². The van der Waals surface area contributed by atoms with Crippen molar-refractivity contribution in [1.82, 2.24) is 14.6 Å². The van der Waals surface area contributed by atoms with Crippen molar-refractivity contribution in [2.75, 3.05) is 0 Å². The van der Waals surface area contributed by atoms with Crippen molar-refractivity contribution in [3.8, 4) is 5.69 Å². The molecule has 128 valence electrons. The monoisotopic (exact) mass is 342 g/mol. The van der Waals surface area contributed by atoms with E-state index in [-0.39, 0.29) is 5.91 Å². The summed E-state index contributed by atoms with van der Waals surface area (Å²) in [6.07, 6.45) is 7.49. The summed E-state index contributed by atoms with van der Waals surface area (Å²) in [5.74, 6) is -0.245. The molecule has 0 fully saturated rings. The molecule has 1 N–H and O–H groups in total. The number of fused-ring (bicyclic) bond motifs is 1. The molecule has 0 saturated carbocycles. The molecule has 2 aromatic heterocycles. The second-order valence-corrected chi connectivity index (χ2v) is 6.02. The third kappa shape index (κ3) is 2.91. The van der Waals surface area contributed by atoms with Crippen molar-refractivity contribution in [3.05, 3.63) is 90.4 Å². The molecular weight excluding hydrogens is 324 g/mol. The normalized spacial score (nSPS) is 11.3. The molecular formula is C21H18N4O. The Balaban J connectivity index is 1.57. The number of hydrogen-bond acceptors (Lipinski definition) is 2. The molecule has 4 rings (SSSR count). The second kappa shape index (κ2) is 6.72. The molecule has 5 nitrogen and oxygen atoms in total. The number of carbonyl (C=O) groups is 1. The van der Waals surface area contributed by atoms with Crippen molar-refractivity contribution >= 4 is 23.0 Å². The van der Waals surface area contributed by atoms with Gasteiger partial charge < -0.3 is 9.13 Å². The predicted octanol–water partition coefficient (Wildman–Crippen LogP) is 3.73. The molecule has 5 heteroatoms. The van der Waals surface area contributed by atoms with Gasteiger partial charge in [-0.3, -0.25) is 4.79 Å². The van der Waals surface area contributed by atoms with Crippen LogP contribution in [0, 0.1) is 0 Å². The van der Waals surface area contributed by atoms with Crippen LogP contribution in [0.1, 0.15) is 15.9 Å². The summed E-state index contributed by atoms with van der Waals surface area (Å²) in [6, 6.07) is 19.4. The van der Waals surface area contributed by atoms with Gasteiger partial charge in [0.2, 0.25) is 0 Å². The first-order valence-corrected chi connectivity index (χ1v) is 8.34. The van der Waals surface area contributed by atoms with Gasteiger partial charge in [0.25, 0.3) is 5.91 Å². The molecule has 2 aromatic carbocycles. The van der Waals surface area contributed by atoms with Crippen LogP contribution >= 0.6 is 0 Å². The van der Waals surface area contributed by atoms with E-state index in [9.17, 15) is 4.79 Å². The van der Waals surface area contributed by atoms with Crippen LogP contribution in [0.4, 0.5) is 0 Å². The zero-order valence-electron chi connectivity index (χ0n) is 14.3. The molecule has 1 amide bonds. The van der Waals surface area contributed by atoms with Gasteiger partial charge in [0.15, 0.2) is 0 Å². The van der Waals surface area contributed by atoms with E-state index in [1.54, 1.807) is 12.3 Å². The van der Waals surface area contributed by atoms with Crippen LogP contribution < -0.4 is 5.43 Å². The summed E-state index contributed by atoms with van der Waals surface area (Å²) in [5.41, 5.74) is 6.10. The third-order valence-corrected chi connectivity index (χ3v) is 4.33. The van der Waals surface area contributed by atoms with Crippen LogP contribution in [0.5, 0.6) is 0 Å². The molecule has 0 radical (unpaired) electrons. The van der Waals surface area contributed by atoms with Crippen molar-refractivity contribution < 1.29 is 4.79 Å². The zero-order valence-corrected chi connectivity index (χ0v) is 14.3. The fourth-order valence-corrected chi connectivity index (χ4v) is 3.08. The summed E-state index contributed by atoms with van der Waals surface area (Å²) in [5, 5.41) is 5.25. The van der Waals surface area contributed by atoms with Crippen LogP contribution in [0.2, 0.25) is 0 Å². The number of aromatic nitrogens is 2. The molecule has 0 spiro atoms. The number of nitrogens with one attached hydrogen (secondary N) is 1. The number of rotatable bonds is 4. The summed E-state index contributed by atoms with van der Waals surface area (Å²) < 4.78 is 3.95. The van der Waals surface area contributed by atoms with Crippen LogP contribution in [0.25, 0.3) is 16.6 Å². The smallest absolute Gasteiger partial charge is 0.273 e. The van der Waals surface area contributed by atoms with Crippen LogP contribution in [-0.4, -0.2) is 21.3 Å². The first-order chi connectivity index (χ1) is 12.7. The maximum Gasteiger partial charge on any atom is 0.273 e. The Bertz CT molecular complexity index is 1090. The number of carbonyl (C=O) groups excluding carboxylic acids is 1. The van der Waals surface area contributed by atoms with Crippen LogP contribution in [0.15, 0.2) is 84.4 Å². The van der Waals surface area contributed by atoms with E-state index < -0.39 is 0 Å². The maximum absolute atomic E-state index is 12.6. The maximum atomic E-state index is 12.6. The van der Waals surface area contributed by atoms with Crippen LogP contribution in [-0.2, 0) is 7.05 Å². The Morgan fingerprint density at radius 1 is 1.00 bits per heavy atom. The lowest BCUT2D eigenvalue weighted by molar-refractivity contribution is 0.0955. The highest BCUT2D eigenvalue weighted by Crippen LogP contribution is 2.18. The van der Waals surface area contributed by atoms with E-state index in [1.807, 2.05) is 83.3 Å². The molecule has 26 heavy (non-hydrogen) atoms. The highest BCUT2D eigenvalue weighted by Gasteiger charge is 2.11. The molecule has 0 aliphatic rings. The SMILES string of the molecule is Cn1cc(/C=N/NC(=O)c2ccccc2-n2cccc2)c2ccccc21. The molecule has 0 bridgehead atoms. The van der Waals surface area contributed by atoms with Crippen molar-refractivity contribution in [2.24, 2.45) is 12.1 Å². The van der Waals surface area contributed by atoms with E-state index in [2.05, 4.69) is 16.6 Å². The van der Waals surface area contributed by atoms with Crippen LogP contribution in [0.3, 0.4) is 0 Å². The molecule has 0 aliphatic heterocycles. The minimum absolute atomic E-state index is 0.245.